The van der Waals surface area contributed by atoms with Crippen molar-refractivity contribution in [3.05, 3.63) is 58.9 Å². The SMILES string of the molecule is COc1ccc(F)c(F)c1CNC(=O)C1(C)COc2c(oc3cc(C(=O)NC4(C)COC4)ccc23)C(=O)N1[C@H]1C[C@@H](OC)C1. The molecule has 3 amide bonds. The van der Waals surface area contributed by atoms with Gasteiger partial charge in [0.25, 0.3) is 11.8 Å². The van der Waals surface area contributed by atoms with E-state index in [1.807, 2.05) is 6.92 Å². The molecular formula is C31H33F2N3O8. The van der Waals surface area contributed by atoms with Gasteiger partial charge >= 0.3 is 0 Å². The number of ether oxygens (including phenoxy) is 4. The van der Waals surface area contributed by atoms with E-state index in [1.54, 1.807) is 32.2 Å². The van der Waals surface area contributed by atoms with Gasteiger partial charge in [0, 0.05) is 25.3 Å². The van der Waals surface area contributed by atoms with Crippen molar-refractivity contribution in [3.63, 3.8) is 0 Å². The maximum atomic E-state index is 14.6. The average Bonchev–Trinajstić information content (AvgIpc) is 3.30. The summed E-state index contributed by atoms with van der Waals surface area (Å²) >= 11 is 0. The van der Waals surface area contributed by atoms with Gasteiger partial charge in [-0.2, -0.15) is 0 Å². The van der Waals surface area contributed by atoms with E-state index in [9.17, 15) is 23.2 Å². The van der Waals surface area contributed by atoms with Crippen LogP contribution in [0.15, 0.2) is 34.7 Å². The van der Waals surface area contributed by atoms with Gasteiger partial charge in [-0.05, 0) is 57.0 Å². The third-order valence-electron chi connectivity index (χ3n) is 8.66. The zero-order valence-corrected chi connectivity index (χ0v) is 24.8. The van der Waals surface area contributed by atoms with Crippen LogP contribution in [0, 0.1) is 11.6 Å². The minimum Gasteiger partial charge on any atom is -0.496 e. The number of hydrogen-bond donors (Lipinski definition) is 2. The first kappa shape index (κ1) is 29.8. The monoisotopic (exact) mass is 613 g/mol. The van der Waals surface area contributed by atoms with Crippen molar-refractivity contribution >= 4 is 28.7 Å². The quantitative estimate of drug-likeness (QED) is 0.396. The van der Waals surface area contributed by atoms with Crippen molar-refractivity contribution in [1.82, 2.24) is 15.5 Å². The van der Waals surface area contributed by atoms with Crippen LogP contribution in [0.5, 0.6) is 11.5 Å². The lowest BCUT2D eigenvalue weighted by Crippen LogP contribution is -2.66. The van der Waals surface area contributed by atoms with E-state index in [0.29, 0.717) is 37.0 Å². The number of carbonyl (C=O) groups is 3. The molecule has 1 unspecified atom stereocenters. The summed E-state index contributed by atoms with van der Waals surface area (Å²) in [5.74, 6) is -3.64. The smallest absolute Gasteiger partial charge is 0.294 e. The molecule has 6 rings (SSSR count). The molecule has 3 aromatic rings. The molecule has 11 nitrogen and oxygen atoms in total. The van der Waals surface area contributed by atoms with Gasteiger partial charge in [0.2, 0.25) is 11.7 Å². The fourth-order valence-corrected chi connectivity index (χ4v) is 5.92. The van der Waals surface area contributed by atoms with E-state index in [1.165, 1.54) is 18.1 Å². The number of amides is 3. The number of furan rings is 1. The van der Waals surface area contributed by atoms with Crippen molar-refractivity contribution in [1.29, 1.82) is 0 Å². The molecule has 2 fully saturated rings. The van der Waals surface area contributed by atoms with Gasteiger partial charge in [0.1, 0.15) is 17.9 Å². The third-order valence-corrected chi connectivity index (χ3v) is 8.66. The van der Waals surface area contributed by atoms with Crippen LogP contribution >= 0.6 is 0 Å². The number of methoxy groups -OCH3 is 2. The van der Waals surface area contributed by atoms with Gasteiger partial charge in [-0.25, -0.2) is 8.78 Å². The highest BCUT2D eigenvalue weighted by Crippen LogP contribution is 2.42. The second kappa shape index (κ2) is 11.0. The summed E-state index contributed by atoms with van der Waals surface area (Å²) in [6, 6.07) is 6.60. The summed E-state index contributed by atoms with van der Waals surface area (Å²) in [5.41, 5.74) is -1.57. The summed E-state index contributed by atoms with van der Waals surface area (Å²) in [4.78, 5) is 42.3. The van der Waals surface area contributed by atoms with Crippen LogP contribution < -0.4 is 20.1 Å². The Hall–Kier alpha value is -4.23. The summed E-state index contributed by atoms with van der Waals surface area (Å²) in [7, 11) is 2.89. The van der Waals surface area contributed by atoms with Gasteiger partial charge < -0.3 is 38.9 Å². The molecule has 2 aromatic carbocycles. The number of carbonyl (C=O) groups excluding carboxylic acids is 3. The molecule has 0 radical (unpaired) electrons. The number of benzene rings is 2. The predicted molar refractivity (Wildman–Crippen MR) is 152 cm³/mol. The molecule has 0 bridgehead atoms. The second-order valence-electron chi connectivity index (χ2n) is 11.9. The molecule has 0 spiro atoms. The second-order valence-corrected chi connectivity index (χ2v) is 11.9. The Kier molecular flexibility index (Phi) is 7.49. The van der Waals surface area contributed by atoms with E-state index < -0.39 is 47.1 Å². The molecule has 1 aromatic heterocycles. The molecule has 1 saturated heterocycles. The highest BCUT2D eigenvalue weighted by molar-refractivity contribution is 6.06. The van der Waals surface area contributed by atoms with E-state index in [2.05, 4.69) is 10.6 Å². The number of rotatable bonds is 8. The minimum atomic E-state index is -1.56. The number of fused-ring (bicyclic) bond motifs is 3. The third kappa shape index (κ3) is 4.93. The first-order valence-electron chi connectivity index (χ1n) is 14.2. The van der Waals surface area contributed by atoms with E-state index in [-0.39, 0.29) is 47.0 Å². The lowest BCUT2D eigenvalue weighted by Gasteiger charge is -2.48. The summed E-state index contributed by atoms with van der Waals surface area (Å²) in [5, 5.41) is 6.05. The Balaban J connectivity index is 1.30. The van der Waals surface area contributed by atoms with E-state index in [0.717, 1.165) is 6.07 Å². The molecule has 1 atom stereocenters. The standard InChI is InChI=1S/C31H33F2N3O8/c1-30(13-42-14-30)35-27(37)16-5-6-19-23(9-16)44-26-25(19)43-15-31(2,36(28(26)38)17-10-18(11-17)40-3)29(39)34-12-20-22(41-4)8-7-21(32)24(20)33/h5-9,17-18H,10-15H2,1-4H3,(H,34,39)(H,35,37)/t17-,18+,31?. The van der Waals surface area contributed by atoms with Crippen LogP contribution in [0.2, 0.25) is 0 Å². The van der Waals surface area contributed by atoms with E-state index >= 15 is 0 Å². The Bertz CT molecular complexity index is 1650. The molecular weight excluding hydrogens is 580 g/mol. The van der Waals surface area contributed by atoms with Crippen LogP contribution in [-0.4, -0.2) is 79.9 Å². The topological polar surface area (TPSA) is 129 Å². The highest BCUT2D eigenvalue weighted by Gasteiger charge is 2.53. The zero-order chi connectivity index (χ0) is 31.4. The fraction of sp³-hybridized carbons (Fsp3) is 0.452. The molecule has 44 heavy (non-hydrogen) atoms. The number of hydrogen-bond acceptors (Lipinski definition) is 8. The molecule has 13 heteroatoms. The summed E-state index contributed by atoms with van der Waals surface area (Å²) in [6.45, 7) is 3.62. The van der Waals surface area contributed by atoms with Crippen LogP contribution in [0.4, 0.5) is 8.78 Å². The van der Waals surface area contributed by atoms with E-state index in [4.69, 9.17) is 23.4 Å². The number of nitrogens with one attached hydrogen (secondary N) is 2. The van der Waals surface area contributed by atoms with Gasteiger partial charge in [0.15, 0.2) is 22.9 Å². The first-order valence-corrected chi connectivity index (χ1v) is 14.2. The van der Waals surface area contributed by atoms with Gasteiger partial charge in [-0.15, -0.1) is 0 Å². The fourth-order valence-electron chi connectivity index (χ4n) is 5.92. The Morgan fingerprint density at radius 3 is 2.50 bits per heavy atom. The highest BCUT2D eigenvalue weighted by atomic mass is 19.2. The van der Waals surface area contributed by atoms with Crippen molar-refractivity contribution in [3.8, 4) is 11.5 Å². The van der Waals surface area contributed by atoms with Crippen LogP contribution in [0.1, 0.15) is 53.2 Å². The molecule has 1 saturated carbocycles. The predicted octanol–water partition coefficient (Wildman–Crippen LogP) is 3.33. The minimum absolute atomic E-state index is 0.0650. The van der Waals surface area contributed by atoms with Crippen molar-refractivity contribution in [2.24, 2.45) is 0 Å². The maximum Gasteiger partial charge on any atom is 0.294 e. The summed E-state index contributed by atoms with van der Waals surface area (Å²) in [6.07, 6.45) is 0.841. The average molecular weight is 614 g/mol. The van der Waals surface area contributed by atoms with Crippen LogP contribution in [0.3, 0.4) is 0 Å². The van der Waals surface area contributed by atoms with Crippen molar-refractivity contribution < 1.29 is 46.5 Å². The molecule has 3 aliphatic rings. The lowest BCUT2D eigenvalue weighted by molar-refractivity contribution is -0.138. The van der Waals surface area contributed by atoms with Gasteiger partial charge in [-0.1, -0.05) is 0 Å². The Labute approximate surface area is 251 Å². The molecule has 1 aliphatic carbocycles. The lowest BCUT2D eigenvalue weighted by atomic mass is 9.83. The molecule has 2 aliphatic heterocycles. The Morgan fingerprint density at radius 2 is 1.84 bits per heavy atom. The number of nitrogens with zero attached hydrogens (tertiary/aromatic N) is 1. The van der Waals surface area contributed by atoms with Crippen LogP contribution in [0.25, 0.3) is 11.0 Å². The molecule has 3 heterocycles. The van der Waals surface area contributed by atoms with Crippen molar-refractivity contribution in [2.75, 3.05) is 34.0 Å². The van der Waals surface area contributed by atoms with Crippen LogP contribution in [-0.2, 0) is 20.8 Å². The molecule has 234 valence electrons. The Morgan fingerprint density at radius 1 is 1.09 bits per heavy atom. The van der Waals surface area contributed by atoms with Gasteiger partial charge in [0.05, 0.1) is 42.9 Å². The zero-order valence-electron chi connectivity index (χ0n) is 24.8. The molecule has 2 N–H and O–H groups in total. The van der Waals surface area contributed by atoms with Crippen molar-refractivity contribution in [2.45, 2.75) is 56.5 Å². The maximum absolute atomic E-state index is 14.6. The normalized spacial score (nSPS) is 24.0. The van der Waals surface area contributed by atoms with Gasteiger partial charge in [-0.3, -0.25) is 14.4 Å². The summed E-state index contributed by atoms with van der Waals surface area (Å²) < 4.78 is 56.6. The number of halogens is 2. The largest absolute Gasteiger partial charge is 0.496 e. The first-order chi connectivity index (χ1) is 21.0.